The number of sulfonamides is 1. The smallest absolute Gasteiger partial charge is 0.236 e. The quantitative estimate of drug-likeness (QED) is 0.592. The van der Waals surface area contributed by atoms with E-state index in [-0.39, 0.29) is 10.9 Å². The van der Waals surface area contributed by atoms with Gasteiger partial charge in [-0.1, -0.05) is 56.3 Å². The monoisotopic (exact) mass is 411 g/mol. The van der Waals surface area contributed by atoms with Gasteiger partial charge in [-0.25, -0.2) is 17.8 Å². The fourth-order valence-corrected chi connectivity index (χ4v) is 5.17. The van der Waals surface area contributed by atoms with Crippen LogP contribution in [0.15, 0.2) is 59.5 Å². The van der Waals surface area contributed by atoms with E-state index in [2.05, 4.69) is 35.8 Å². The standard InChI is InChI=1S/C23H29N3O2S/c1-6-16(2)20-12-14-21(15-13-20)17(3)25-29(27,28)23-18(4)24-26(19(23)5)22-10-8-7-9-11-22/h7-17,25H,6H2,1-5H3. The van der Waals surface area contributed by atoms with Crippen molar-refractivity contribution in [3.63, 3.8) is 0 Å². The Kier molecular flexibility index (Phi) is 6.24. The van der Waals surface area contributed by atoms with Crippen LogP contribution in [-0.2, 0) is 10.0 Å². The summed E-state index contributed by atoms with van der Waals surface area (Å²) in [6.45, 7) is 9.73. The molecule has 2 aromatic carbocycles. The molecule has 0 spiro atoms. The van der Waals surface area contributed by atoms with E-state index in [4.69, 9.17) is 0 Å². The van der Waals surface area contributed by atoms with Crippen LogP contribution < -0.4 is 4.72 Å². The van der Waals surface area contributed by atoms with Gasteiger partial charge in [0.05, 0.1) is 17.1 Å². The van der Waals surface area contributed by atoms with Crippen molar-refractivity contribution in [3.05, 3.63) is 77.1 Å². The molecule has 0 aliphatic carbocycles. The molecule has 2 unspecified atom stereocenters. The van der Waals surface area contributed by atoms with Crippen molar-refractivity contribution in [2.24, 2.45) is 0 Å². The first-order chi connectivity index (χ1) is 13.7. The molecule has 0 saturated heterocycles. The van der Waals surface area contributed by atoms with Crippen LogP contribution in [0, 0.1) is 13.8 Å². The van der Waals surface area contributed by atoms with Crippen molar-refractivity contribution in [1.29, 1.82) is 0 Å². The molecule has 1 heterocycles. The number of nitrogens with zero attached hydrogens (tertiary/aromatic N) is 2. The summed E-state index contributed by atoms with van der Waals surface area (Å²) in [6, 6.07) is 17.4. The van der Waals surface area contributed by atoms with Gasteiger partial charge in [-0.2, -0.15) is 5.10 Å². The Morgan fingerprint density at radius 3 is 2.14 bits per heavy atom. The van der Waals surface area contributed by atoms with Crippen molar-refractivity contribution < 1.29 is 8.42 Å². The zero-order chi connectivity index (χ0) is 21.2. The van der Waals surface area contributed by atoms with Crippen LogP contribution in [0.5, 0.6) is 0 Å². The largest absolute Gasteiger partial charge is 0.244 e. The van der Waals surface area contributed by atoms with E-state index in [1.807, 2.05) is 49.4 Å². The summed E-state index contributed by atoms with van der Waals surface area (Å²) < 4.78 is 30.8. The molecule has 0 radical (unpaired) electrons. The second-order valence-corrected chi connectivity index (χ2v) is 9.22. The first kappa shape index (κ1) is 21.3. The normalized spacial score (nSPS) is 14.0. The maximum absolute atomic E-state index is 13.2. The Morgan fingerprint density at radius 1 is 0.966 bits per heavy atom. The van der Waals surface area contributed by atoms with E-state index in [1.54, 1.807) is 18.5 Å². The van der Waals surface area contributed by atoms with Crippen molar-refractivity contribution >= 4 is 10.0 Å². The molecule has 1 aromatic heterocycles. The molecule has 1 N–H and O–H groups in total. The summed E-state index contributed by atoms with van der Waals surface area (Å²) in [5, 5.41) is 4.46. The summed E-state index contributed by atoms with van der Waals surface area (Å²) >= 11 is 0. The van der Waals surface area contributed by atoms with E-state index < -0.39 is 10.0 Å². The number of nitrogens with one attached hydrogen (secondary N) is 1. The lowest BCUT2D eigenvalue weighted by molar-refractivity contribution is 0.565. The highest BCUT2D eigenvalue weighted by atomic mass is 32.2. The van der Waals surface area contributed by atoms with Crippen LogP contribution in [0.2, 0.25) is 0 Å². The molecule has 0 fully saturated rings. The summed E-state index contributed by atoms with van der Waals surface area (Å²) in [5.74, 6) is 0.491. The fraction of sp³-hybridized carbons (Fsp3) is 0.348. The molecule has 0 saturated carbocycles. The third-order valence-electron chi connectivity index (χ3n) is 5.44. The van der Waals surface area contributed by atoms with Gasteiger partial charge in [0.2, 0.25) is 10.0 Å². The molecule has 2 atom stereocenters. The van der Waals surface area contributed by atoms with E-state index >= 15 is 0 Å². The Balaban J connectivity index is 1.87. The molecule has 29 heavy (non-hydrogen) atoms. The van der Waals surface area contributed by atoms with Crippen LogP contribution in [0.4, 0.5) is 0 Å². The van der Waals surface area contributed by atoms with E-state index in [1.165, 1.54) is 5.56 Å². The van der Waals surface area contributed by atoms with Crippen LogP contribution in [0.3, 0.4) is 0 Å². The van der Waals surface area contributed by atoms with Crippen LogP contribution >= 0.6 is 0 Å². The van der Waals surface area contributed by atoms with Crippen LogP contribution in [0.1, 0.15) is 61.7 Å². The lowest BCUT2D eigenvalue weighted by Crippen LogP contribution is -2.27. The Labute approximate surface area is 173 Å². The Hall–Kier alpha value is -2.44. The number of aromatic nitrogens is 2. The minimum Gasteiger partial charge on any atom is -0.236 e. The average molecular weight is 412 g/mol. The van der Waals surface area contributed by atoms with Crippen LogP contribution in [-0.4, -0.2) is 18.2 Å². The summed E-state index contributed by atoms with van der Waals surface area (Å²) in [6.07, 6.45) is 1.07. The number of hydrogen-bond donors (Lipinski definition) is 1. The maximum atomic E-state index is 13.2. The highest BCUT2D eigenvalue weighted by molar-refractivity contribution is 7.89. The lowest BCUT2D eigenvalue weighted by Gasteiger charge is -2.16. The summed E-state index contributed by atoms with van der Waals surface area (Å²) in [4.78, 5) is 0.240. The molecule has 154 valence electrons. The number of aryl methyl sites for hydroxylation is 1. The predicted octanol–water partition coefficient (Wildman–Crippen LogP) is 5.04. The molecular formula is C23H29N3O2S. The zero-order valence-electron chi connectivity index (χ0n) is 17.7. The van der Waals surface area contributed by atoms with Gasteiger partial charge >= 0.3 is 0 Å². The first-order valence-electron chi connectivity index (χ1n) is 9.98. The zero-order valence-corrected chi connectivity index (χ0v) is 18.5. The maximum Gasteiger partial charge on any atom is 0.244 e. The van der Waals surface area contributed by atoms with E-state index in [9.17, 15) is 8.42 Å². The molecular weight excluding hydrogens is 382 g/mol. The Morgan fingerprint density at radius 2 is 1.55 bits per heavy atom. The molecule has 0 bridgehead atoms. The van der Waals surface area contributed by atoms with Gasteiger partial charge in [-0.05, 0) is 56.4 Å². The molecule has 5 nitrogen and oxygen atoms in total. The summed E-state index contributed by atoms with van der Waals surface area (Å²) in [7, 11) is -3.72. The van der Waals surface area contributed by atoms with Gasteiger partial charge in [0.25, 0.3) is 0 Å². The molecule has 0 aliphatic rings. The highest BCUT2D eigenvalue weighted by Crippen LogP contribution is 2.26. The van der Waals surface area contributed by atoms with Gasteiger partial charge in [0.15, 0.2) is 0 Å². The van der Waals surface area contributed by atoms with E-state index in [0.717, 1.165) is 17.7 Å². The highest BCUT2D eigenvalue weighted by Gasteiger charge is 2.27. The van der Waals surface area contributed by atoms with Gasteiger partial charge in [-0.15, -0.1) is 0 Å². The number of rotatable bonds is 7. The first-order valence-corrected chi connectivity index (χ1v) is 11.5. The van der Waals surface area contributed by atoms with E-state index in [0.29, 0.717) is 17.3 Å². The molecule has 6 heteroatoms. The average Bonchev–Trinajstić information content (AvgIpc) is 3.02. The predicted molar refractivity (Wildman–Crippen MR) is 117 cm³/mol. The van der Waals surface area contributed by atoms with Crippen molar-refractivity contribution in [2.45, 2.75) is 57.9 Å². The second-order valence-electron chi connectivity index (χ2n) is 7.57. The van der Waals surface area contributed by atoms with Crippen molar-refractivity contribution in [3.8, 4) is 5.69 Å². The SMILES string of the molecule is CCC(C)c1ccc(C(C)NS(=O)(=O)c2c(C)nn(-c3ccccc3)c2C)cc1. The molecule has 3 rings (SSSR count). The molecule has 0 amide bonds. The number of hydrogen-bond acceptors (Lipinski definition) is 3. The minimum atomic E-state index is -3.72. The number of benzene rings is 2. The third-order valence-corrected chi connectivity index (χ3v) is 7.24. The molecule has 0 aliphatic heterocycles. The molecule has 3 aromatic rings. The third kappa shape index (κ3) is 4.43. The lowest BCUT2D eigenvalue weighted by atomic mass is 9.96. The minimum absolute atomic E-state index is 0.240. The fourth-order valence-electron chi connectivity index (χ4n) is 3.55. The van der Waals surface area contributed by atoms with Crippen molar-refractivity contribution in [1.82, 2.24) is 14.5 Å². The van der Waals surface area contributed by atoms with Gasteiger partial charge < -0.3 is 0 Å². The second kappa shape index (κ2) is 8.51. The topological polar surface area (TPSA) is 64.0 Å². The van der Waals surface area contributed by atoms with Crippen molar-refractivity contribution in [2.75, 3.05) is 0 Å². The number of para-hydroxylation sites is 1. The summed E-state index contributed by atoms with van der Waals surface area (Å²) in [5.41, 5.74) is 4.12. The van der Waals surface area contributed by atoms with Gasteiger partial charge in [0, 0.05) is 6.04 Å². The van der Waals surface area contributed by atoms with Gasteiger partial charge in [-0.3, -0.25) is 0 Å². The van der Waals surface area contributed by atoms with Crippen LogP contribution in [0.25, 0.3) is 5.69 Å². The Bertz CT molecular complexity index is 1070. The van der Waals surface area contributed by atoms with Gasteiger partial charge in [0.1, 0.15) is 4.90 Å².